The maximum absolute atomic E-state index is 2.48. The quantitative estimate of drug-likeness (QED) is 0.146. The third-order valence-corrected chi connectivity index (χ3v) is 14.7. The van der Waals surface area contributed by atoms with Crippen molar-refractivity contribution in [3.63, 3.8) is 0 Å². The summed E-state index contributed by atoms with van der Waals surface area (Å²) in [6, 6.07) is 99.4. The summed E-state index contributed by atoms with van der Waals surface area (Å²) in [7, 11) is 0. The molecule has 0 aliphatic rings. The molecule has 0 bridgehead atoms. The molecule has 14 aromatic carbocycles. The van der Waals surface area contributed by atoms with E-state index in [2.05, 4.69) is 267 Å². The van der Waals surface area contributed by atoms with Gasteiger partial charge < -0.3 is 0 Å². The predicted molar refractivity (Wildman–Crippen MR) is 302 cm³/mol. The van der Waals surface area contributed by atoms with Gasteiger partial charge in [-0.05, 0) is 203 Å². The fourth-order valence-corrected chi connectivity index (χ4v) is 11.3. The summed E-state index contributed by atoms with van der Waals surface area (Å²) >= 11 is 0. The molecule has 0 fully saturated rings. The van der Waals surface area contributed by atoms with Crippen LogP contribution < -0.4 is 0 Å². The summed E-state index contributed by atoms with van der Waals surface area (Å²) < 4.78 is 0. The molecular weight excluding hydrogens is 841 g/mol. The number of fused-ring (bicyclic) bond motifs is 9. The van der Waals surface area contributed by atoms with Crippen LogP contribution in [0.1, 0.15) is 0 Å². The highest BCUT2D eigenvalue weighted by Crippen LogP contribution is 2.46. The molecule has 0 spiro atoms. The van der Waals surface area contributed by atoms with Crippen molar-refractivity contribution in [2.75, 3.05) is 0 Å². The molecule has 0 N–H and O–H groups in total. The Kier molecular flexibility index (Phi) is 9.32. The number of rotatable bonds is 6. The molecule has 14 rings (SSSR count). The van der Waals surface area contributed by atoms with Gasteiger partial charge in [-0.15, -0.1) is 0 Å². The van der Waals surface area contributed by atoms with Crippen molar-refractivity contribution in [3.8, 4) is 66.8 Å². The second kappa shape index (κ2) is 16.3. The van der Waals surface area contributed by atoms with Gasteiger partial charge in [0.25, 0.3) is 0 Å². The maximum Gasteiger partial charge on any atom is -0.00923 e. The van der Waals surface area contributed by atoms with Crippen LogP contribution in [0.3, 0.4) is 0 Å². The largest absolute Gasteiger partial charge is 0.0616 e. The lowest BCUT2D eigenvalue weighted by Crippen LogP contribution is -1.92. The Morgan fingerprint density at radius 1 is 0.129 bits per heavy atom. The minimum absolute atomic E-state index is 1.20. The lowest BCUT2D eigenvalue weighted by Gasteiger charge is -2.19. The molecule has 0 amide bonds. The van der Waals surface area contributed by atoms with Crippen LogP contribution in [0, 0.1) is 0 Å². The second-order valence-electron chi connectivity index (χ2n) is 18.8. The van der Waals surface area contributed by atoms with Crippen molar-refractivity contribution >= 4 is 75.4 Å². The highest BCUT2D eigenvalue weighted by atomic mass is 14.2. The zero-order valence-electron chi connectivity index (χ0n) is 38.4. The predicted octanol–water partition coefficient (Wildman–Crippen LogP) is 19.8. The molecule has 14 aromatic rings. The van der Waals surface area contributed by atoms with E-state index >= 15 is 0 Å². The van der Waals surface area contributed by atoms with E-state index in [1.54, 1.807) is 0 Å². The summed E-state index contributed by atoms with van der Waals surface area (Å²) in [4.78, 5) is 0. The van der Waals surface area contributed by atoms with Gasteiger partial charge >= 0.3 is 0 Å². The van der Waals surface area contributed by atoms with Gasteiger partial charge in [-0.2, -0.15) is 0 Å². The van der Waals surface area contributed by atoms with E-state index in [9.17, 15) is 0 Å². The van der Waals surface area contributed by atoms with Crippen LogP contribution in [0.2, 0.25) is 0 Å². The molecule has 324 valence electrons. The van der Waals surface area contributed by atoms with Crippen LogP contribution in [0.4, 0.5) is 0 Å². The fraction of sp³-hybridized carbons (Fsp3) is 0. The Morgan fingerprint density at radius 2 is 0.443 bits per heavy atom. The van der Waals surface area contributed by atoms with Crippen molar-refractivity contribution in [1.29, 1.82) is 0 Å². The van der Waals surface area contributed by atoms with Crippen molar-refractivity contribution in [3.05, 3.63) is 267 Å². The van der Waals surface area contributed by atoms with E-state index in [-0.39, 0.29) is 0 Å². The van der Waals surface area contributed by atoms with Crippen LogP contribution in [0.25, 0.3) is 142 Å². The van der Waals surface area contributed by atoms with E-state index < -0.39 is 0 Å². The Labute approximate surface area is 407 Å². The van der Waals surface area contributed by atoms with E-state index in [1.165, 1.54) is 142 Å². The molecule has 0 aromatic heterocycles. The van der Waals surface area contributed by atoms with E-state index in [0.717, 1.165) is 0 Å². The van der Waals surface area contributed by atoms with Crippen LogP contribution in [0.5, 0.6) is 0 Å². The first-order chi connectivity index (χ1) is 34.7. The SMILES string of the molecule is c1ccc2cc(-c3cc(-c4cccc5ccccc45)cc(-c4cc5c6ccccc6c(-c6cc(-c7ccc8ccccc8c7)cc(-c7cccc8ccccc78)c6)cc5c5ccccc45)c3)ccc2c1. The fourth-order valence-electron chi connectivity index (χ4n) is 11.3. The first-order valence-corrected chi connectivity index (χ1v) is 24.3. The van der Waals surface area contributed by atoms with E-state index in [4.69, 9.17) is 0 Å². The molecular formula is C70H44. The third kappa shape index (κ3) is 6.76. The normalized spacial score (nSPS) is 11.7. The average Bonchev–Trinajstić information content (AvgIpc) is 3.43. The van der Waals surface area contributed by atoms with Gasteiger partial charge in [0.05, 0.1) is 0 Å². The molecule has 0 radical (unpaired) electrons. The van der Waals surface area contributed by atoms with Gasteiger partial charge in [0, 0.05) is 0 Å². The summed E-state index contributed by atoms with van der Waals surface area (Å²) in [5.74, 6) is 0. The Morgan fingerprint density at radius 3 is 0.871 bits per heavy atom. The molecule has 0 heterocycles. The lowest BCUT2D eigenvalue weighted by molar-refractivity contribution is 1.60. The van der Waals surface area contributed by atoms with Crippen molar-refractivity contribution in [2.45, 2.75) is 0 Å². The minimum atomic E-state index is 1.20. The standard InChI is InChI=1S/C70H44/c1-3-19-49-35-51(33-31-45(49)15-1)53-37-55(61-29-13-21-47-17-5-7-23-59(47)61)41-57(39-53)67-43-69-66-28-12-10-26-64(66)68(44-70(69)65-27-11-9-25-63(65)67)58-40-54(52-34-32-46-16-2-4-20-50(46)36-52)38-56(42-58)62-30-14-22-48-18-6-8-24-60(48)62/h1-44H. The highest BCUT2D eigenvalue weighted by Gasteiger charge is 2.19. The average molecular weight is 885 g/mol. The van der Waals surface area contributed by atoms with E-state index in [0.29, 0.717) is 0 Å². The maximum atomic E-state index is 2.48. The van der Waals surface area contributed by atoms with Gasteiger partial charge in [-0.1, -0.05) is 206 Å². The van der Waals surface area contributed by atoms with Gasteiger partial charge in [-0.25, -0.2) is 0 Å². The third-order valence-electron chi connectivity index (χ3n) is 14.7. The van der Waals surface area contributed by atoms with Crippen molar-refractivity contribution < 1.29 is 0 Å². The van der Waals surface area contributed by atoms with Crippen LogP contribution in [0.15, 0.2) is 267 Å². The zero-order valence-corrected chi connectivity index (χ0v) is 38.4. The summed E-state index contributed by atoms with van der Waals surface area (Å²) in [5.41, 5.74) is 14.5. The Bertz CT molecular complexity index is 4120. The molecule has 0 heteroatoms. The Balaban J connectivity index is 1.02. The first-order valence-electron chi connectivity index (χ1n) is 24.3. The zero-order chi connectivity index (χ0) is 46.1. The molecule has 0 aliphatic heterocycles. The van der Waals surface area contributed by atoms with Crippen LogP contribution in [-0.2, 0) is 0 Å². The second-order valence-corrected chi connectivity index (χ2v) is 18.8. The van der Waals surface area contributed by atoms with E-state index in [1.807, 2.05) is 0 Å². The monoisotopic (exact) mass is 884 g/mol. The van der Waals surface area contributed by atoms with Crippen LogP contribution >= 0.6 is 0 Å². The molecule has 0 aliphatic carbocycles. The summed E-state index contributed by atoms with van der Waals surface area (Å²) in [6.45, 7) is 0. The highest BCUT2D eigenvalue weighted by molar-refractivity contribution is 6.24. The molecule has 0 nitrogen and oxygen atoms in total. The van der Waals surface area contributed by atoms with Crippen molar-refractivity contribution in [2.24, 2.45) is 0 Å². The molecule has 0 unspecified atom stereocenters. The number of hydrogen-bond donors (Lipinski definition) is 0. The lowest BCUT2D eigenvalue weighted by atomic mass is 9.85. The van der Waals surface area contributed by atoms with Gasteiger partial charge in [-0.3, -0.25) is 0 Å². The van der Waals surface area contributed by atoms with Crippen LogP contribution in [-0.4, -0.2) is 0 Å². The molecule has 0 saturated carbocycles. The van der Waals surface area contributed by atoms with Gasteiger partial charge in [0.1, 0.15) is 0 Å². The Hall–Kier alpha value is -9.10. The van der Waals surface area contributed by atoms with Gasteiger partial charge in [0.15, 0.2) is 0 Å². The van der Waals surface area contributed by atoms with Gasteiger partial charge in [0.2, 0.25) is 0 Å². The smallest absolute Gasteiger partial charge is 0.00923 e. The number of hydrogen-bond acceptors (Lipinski definition) is 0. The molecule has 0 atom stereocenters. The van der Waals surface area contributed by atoms with Crippen molar-refractivity contribution in [1.82, 2.24) is 0 Å². The molecule has 70 heavy (non-hydrogen) atoms. The topological polar surface area (TPSA) is 0 Å². The molecule has 0 saturated heterocycles. The summed E-state index contributed by atoms with van der Waals surface area (Å²) in [5, 5.41) is 17.4. The summed E-state index contributed by atoms with van der Waals surface area (Å²) in [6.07, 6.45) is 0. The number of benzene rings is 14. The first kappa shape index (κ1) is 40.0. The minimum Gasteiger partial charge on any atom is -0.0616 e.